The first-order chi connectivity index (χ1) is 12.3. The van der Waals surface area contributed by atoms with E-state index in [-0.39, 0.29) is 6.04 Å². The van der Waals surface area contributed by atoms with Gasteiger partial charge < -0.3 is 10.4 Å². The normalized spacial score (nSPS) is 13.7. The first kappa shape index (κ1) is 22.2. The Morgan fingerprint density at radius 1 is 0.760 bits per heavy atom. The minimum Gasteiger partial charge on any atom is -0.387 e. The van der Waals surface area contributed by atoms with Crippen molar-refractivity contribution in [3.8, 4) is 0 Å². The Kier molecular flexibility index (Phi) is 13.7. The topological polar surface area (TPSA) is 32.3 Å². The average molecular weight is 348 g/mol. The summed E-state index contributed by atoms with van der Waals surface area (Å²) in [4.78, 5) is 0. The fourth-order valence-corrected chi connectivity index (χ4v) is 3.35. The van der Waals surface area contributed by atoms with Gasteiger partial charge in [-0.25, -0.2) is 0 Å². The maximum Gasteiger partial charge on any atom is 0.0940 e. The Balaban J connectivity index is 1.88. The van der Waals surface area contributed by atoms with Crippen molar-refractivity contribution in [1.82, 2.24) is 5.32 Å². The number of benzene rings is 1. The van der Waals surface area contributed by atoms with Crippen LogP contribution in [-0.2, 0) is 0 Å². The number of hydrogen-bond acceptors (Lipinski definition) is 2. The van der Waals surface area contributed by atoms with Gasteiger partial charge in [-0.1, -0.05) is 108 Å². The van der Waals surface area contributed by atoms with Crippen molar-refractivity contribution >= 4 is 0 Å². The Morgan fingerprint density at radius 2 is 1.24 bits per heavy atom. The van der Waals surface area contributed by atoms with Gasteiger partial charge in [-0.3, -0.25) is 0 Å². The van der Waals surface area contributed by atoms with Crippen molar-refractivity contribution in [2.75, 3.05) is 6.54 Å². The second-order valence-corrected chi connectivity index (χ2v) is 7.49. The predicted molar refractivity (Wildman–Crippen MR) is 110 cm³/mol. The van der Waals surface area contributed by atoms with Gasteiger partial charge in [0.1, 0.15) is 0 Å². The van der Waals surface area contributed by atoms with E-state index in [1.54, 1.807) is 0 Å². The first-order valence-corrected chi connectivity index (χ1v) is 10.7. The van der Waals surface area contributed by atoms with E-state index in [0.29, 0.717) is 0 Å². The molecule has 0 amide bonds. The van der Waals surface area contributed by atoms with Crippen LogP contribution in [0.15, 0.2) is 30.3 Å². The third-order valence-electron chi connectivity index (χ3n) is 5.11. The van der Waals surface area contributed by atoms with E-state index >= 15 is 0 Å². The Morgan fingerprint density at radius 3 is 1.76 bits per heavy atom. The highest BCUT2D eigenvalue weighted by Crippen LogP contribution is 2.16. The molecule has 0 aromatic heterocycles. The predicted octanol–water partition coefficient (Wildman–Crippen LogP) is 6.40. The van der Waals surface area contributed by atoms with Gasteiger partial charge in [0.15, 0.2) is 0 Å². The number of aliphatic hydroxyl groups excluding tert-OH is 1. The lowest BCUT2D eigenvalue weighted by Gasteiger charge is -2.20. The second-order valence-electron chi connectivity index (χ2n) is 7.49. The molecule has 2 heteroatoms. The van der Waals surface area contributed by atoms with E-state index in [1.165, 1.54) is 77.0 Å². The minimum atomic E-state index is -0.418. The molecule has 0 fully saturated rings. The summed E-state index contributed by atoms with van der Waals surface area (Å²) < 4.78 is 0. The molecule has 1 aromatic rings. The van der Waals surface area contributed by atoms with Crippen molar-refractivity contribution in [1.29, 1.82) is 0 Å². The van der Waals surface area contributed by atoms with E-state index in [4.69, 9.17) is 0 Å². The maximum absolute atomic E-state index is 10.3. The number of rotatable bonds is 16. The molecule has 2 N–H and O–H groups in total. The maximum atomic E-state index is 10.3. The number of nitrogens with one attached hydrogen (secondary N) is 1. The molecule has 0 aliphatic heterocycles. The second kappa shape index (κ2) is 15.4. The molecule has 2 nitrogen and oxygen atoms in total. The van der Waals surface area contributed by atoms with Gasteiger partial charge in [0.25, 0.3) is 0 Å². The van der Waals surface area contributed by atoms with Crippen LogP contribution in [0.4, 0.5) is 0 Å². The van der Waals surface area contributed by atoms with Crippen LogP contribution in [0.5, 0.6) is 0 Å². The Hall–Kier alpha value is -0.860. The largest absolute Gasteiger partial charge is 0.387 e. The van der Waals surface area contributed by atoms with Gasteiger partial charge in [0, 0.05) is 6.04 Å². The third kappa shape index (κ3) is 11.4. The van der Waals surface area contributed by atoms with Crippen LogP contribution in [-0.4, -0.2) is 17.7 Å². The van der Waals surface area contributed by atoms with Crippen molar-refractivity contribution < 1.29 is 5.11 Å². The molecule has 25 heavy (non-hydrogen) atoms. The molecule has 2 atom stereocenters. The summed E-state index contributed by atoms with van der Waals surface area (Å²) in [6, 6.07) is 10.0. The third-order valence-corrected chi connectivity index (χ3v) is 5.11. The Bertz CT molecular complexity index is 392. The molecule has 0 saturated heterocycles. The van der Waals surface area contributed by atoms with Crippen molar-refractivity contribution in [3.63, 3.8) is 0 Å². The molecule has 0 saturated carbocycles. The molecule has 0 radical (unpaired) electrons. The molecule has 0 unspecified atom stereocenters. The highest BCUT2D eigenvalue weighted by atomic mass is 16.3. The SMILES string of the molecule is CCCCCCCCCCCCCCN[C@H](C)[C@H](O)c1ccccc1. The van der Waals surface area contributed by atoms with E-state index < -0.39 is 6.10 Å². The molecular formula is C23H41NO. The summed E-state index contributed by atoms with van der Waals surface area (Å²) in [5.74, 6) is 0. The van der Waals surface area contributed by atoms with Crippen LogP contribution in [0.1, 0.15) is 103 Å². The van der Waals surface area contributed by atoms with Crippen molar-refractivity contribution in [2.24, 2.45) is 0 Å². The molecule has 1 aromatic carbocycles. The zero-order valence-electron chi connectivity index (χ0n) is 16.7. The van der Waals surface area contributed by atoms with Gasteiger partial charge in [-0.2, -0.15) is 0 Å². The van der Waals surface area contributed by atoms with Crippen LogP contribution < -0.4 is 5.32 Å². The number of hydrogen-bond donors (Lipinski definition) is 2. The summed E-state index contributed by atoms with van der Waals surface area (Å²) in [6.45, 7) is 5.35. The smallest absolute Gasteiger partial charge is 0.0940 e. The lowest BCUT2D eigenvalue weighted by molar-refractivity contribution is 0.136. The van der Waals surface area contributed by atoms with E-state index in [0.717, 1.165) is 12.1 Å². The summed E-state index contributed by atoms with van der Waals surface area (Å²) in [5, 5.41) is 13.8. The van der Waals surface area contributed by atoms with Gasteiger partial charge in [-0.15, -0.1) is 0 Å². The van der Waals surface area contributed by atoms with Crippen LogP contribution in [0.3, 0.4) is 0 Å². The van der Waals surface area contributed by atoms with Gasteiger partial charge in [0.2, 0.25) is 0 Å². The number of unbranched alkanes of at least 4 members (excludes halogenated alkanes) is 11. The highest BCUT2D eigenvalue weighted by Gasteiger charge is 2.14. The molecule has 0 heterocycles. The standard InChI is InChI=1S/C23H41NO/c1-3-4-5-6-7-8-9-10-11-12-13-17-20-24-21(2)23(25)22-18-15-14-16-19-22/h14-16,18-19,21,23-25H,3-13,17,20H2,1-2H3/t21-,23+/m1/s1. The summed E-state index contributed by atoms with van der Waals surface area (Å²) in [7, 11) is 0. The molecular weight excluding hydrogens is 306 g/mol. The van der Waals surface area contributed by atoms with Gasteiger partial charge in [-0.05, 0) is 25.5 Å². The molecule has 144 valence electrons. The van der Waals surface area contributed by atoms with E-state index in [2.05, 4.69) is 19.2 Å². The molecule has 0 aliphatic rings. The molecule has 0 aliphatic carbocycles. The van der Waals surface area contributed by atoms with Gasteiger partial charge >= 0.3 is 0 Å². The lowest BCUT2D eigenvalue weighted by atomic mass is 10.0. The fourth-order valence-electron chi connectivity index (χ4n) is 3.35. The van der Waals surface area contributed by atoms with Crippen LogP contribution in [0.25, 0.3) is 0 Å². The highest BCUT2D eigenvalue weighted by molar-refractivity contribution is 5.18. The summed E-state index contributed by atoms with van der Waals surface area (Å²) >= 11 is 0. The molecule has 0 spiro atoms. The van der Waals surface area contributed by atoms with E-state index in [9.17, 15) is 5.11 Å². The monoisotopic (exact) mass is 347 g/mol. The van der Waals surface area contributed by atoms with Crippen LogP contribution in [0.2, 0.25) is 0 Å². The minimum absolute atomic E-state index is 0.107. The van der Waals surface area contributed by atoms with Crippen molar-refractivity contribution in [3.05, 3.63) is 35.9 Å². The Labute approximate surface area is 156 Å². The average Bonchev–Trinajstić information content (AvgIpc) is 2.65. The number of aliphatic hydroxyl groups is 1. The summed E-state index contributed by atoms with van der Waals surface area (Å²) in [5.41, 5.74) is 0.997. The molecule has 0 bridgehead atoms. The zero-order valence-corrected chi connectivity index (χ0v) is 16.7. The first-order valence-electron chi connectivity index (χ1n) is 10.7. The summed E-state index contributed by atoms with van der Waals surface area (Å²) in [6.07, 6.45) is 16.2. The van der Waals surface area contributed by atoms with Crippen LogP contribution in [0, 0.1) is 0 Å². The molecule has 1 rings (SSSR count). The zero-order chi connectivity index (χ0) is 18.2. The quantitative estimate of drug-likeness (QED) is 0.339. The van der Waals surface area contributed by atoms with E-state index in [1.807, 2.05) is 30.3 Å². The van der Waals surface area contributed by atoms with Crippen LogP contribution >= 0.6 is 0 Å². The fraction of sp³-hybridized carbons (Fsp3) is 0.739. The van der Waals surface area contributed by atoms with Gasteiger partial charge in [0.05, 0.1) is 6.10 Å². The lowest BCUT2D eigenvalue weighted by Crippen LogP contribution is -2.32. The van der Waals surface area contributed by atoms with Crippen molar-refractivity contribution in [2.45, 2.75) is 103 Å².